The van der Waals surface area contributed by atoms with Crippen LogP contribution >= 0.6 is 0 Å². The maximum atomic E-state index is 11.1. The predicted octanol–water partition coefficient (Wildman–Crippen LogP) is -0.353. The van der Waals surface area contributed by atoms with Crippen molar-refractivity contribution in [3.63, 3.8) is 0 Å². The number of nitrogens with zero attached hydrogens (tertiary/aromatic N) is 1. The van der Waals surface area contributed by atoms with E-state index in [1.807, 2.05) is 0 Å². The van der Waals surface area contributed by atoms with E-state index in [0.29, 0.717) is 5.70 Å². The lowest BCUT2D eigenvalue weighted by Gasteiger charge is -2.23. The monoisotopic (exact) mass is 175 g/mol. The fourth-order valence-corrected chi connectivity index (χ4v) is 1.69. The number of hydrogen-bond acceptors (Lipinski definition) is 3. The van der Waals surface area contributed by atoms with Gasteiger partial charge in [-0.15, -0.1) is 0 Å². The summed E-state index contributed by atoms with van der Waals surface area (Å²) < 4.78 is 23.0. The van der Waals surface area contributed by atoms with Crippen molar-refractivity contribution in [3.05, 3.63) is 11.1 Å². The summed E-state index contributed by atoms with van der Waals surface area (Å²) in [5.74, 6) is -0.120. The van der Waals surface area contributed by atoms with Gasteiger partial charge in [-0.1, -0.05) is 0 Å². The van der Waals surface area contributed by atoms with Crippen molar-refractivity contribution < 1.29 is 8.42 Å². The Labute approximate surface area is 65.3 Å². The van der Waals surface area contributed by atoms with E-state index in [2.05, 4.69) is 5.32 Å². The molecule has 0 unspecified atom stereocenters. The molecule has 11 heavy (non-hydrogen) atoms. The smallest absolute Gasteiger partial charge is 0.261 e. The third-order valence-corrected chi connectivity index (χ3v) is 2.94. The first-order chi connectivity index (χ1) is 4.93. The highest BCUT2D eigenvalue weighted by molar-refractivity contribution is 7.92. The standard InChI is InChI=1S/C5H9N3O2S/c1-4-3-11(9,10)8(2)5(6)7-4/h3H,1-2H3,(H2,6,7). The number of rotatable bonds is 0. The highest BCUT2D eigenvalue weighted by Crippen LogP contribution is 2.08. The predicted molar refractivity (Wildman–Crippen MR) is 41.3 cm³/mol. The summed E-state index contributed by atoms with van der Waals surface area (Å²) in [6.07, 6.45) is 0. The summed E-state index contributed by atoms with van der Waals surface area (Å²) in [4.78, 5) is 0. The van der Waals surface area contributed by atoms with Gasteiger partial charge >= 0.3 is 0 Å². The van der Waals surface area contributed by atoms with Crippen LogP contribution in [-0.4, -0.2) is 25.7 Å². The van der Waals surface area contributed by atoms with Crippen LogP contribution in [0.25, 0.3) is 0 Å². The molecule has 0 aromatic rings. The van der Waals surface area contributed by atoms with Crippen LogP contribution < -0.4 is 5.32 Å². The Morgan fingerprint density at radius 1 is 1.64 bits per heavy atom. The third-order valence-electron chi connectivity index (χ3n) is 1.34. The van der Waals surface area contributed by atoms with E-state index in [1.54, 1.807) is 6.92 Å². The fraction of sp³-hybridized carbons (Fsp3) is 0.400. The fourth-order valence-electron chi connectivity index (χ4n) is 0.725. The number of guanidine groups is 1. The van der Waals surface area contributed by atoms with Gasteiger partial charge in [0.25, 0.3) is 10.0 Å². The molecule has 0 aliphatic carbocycles. The Bertz CT molecular complexity index is 317. The summed E-state index contributed by atoms with van der Waals surface area (Å²) >= 11 is 0. The zero-order valence-corrected chi connectivity index (χ0v) is 7.07. The molecule has 0 spiro atoms. The Morgan fingerprint density at radius 3 is 2.64 bits per heavy atom. The molecule has 1 aliphatic heterocycles. The van der Waals surface area contributed by atoms with Crippen LogP contribution in [0.1, 0.15) is 6.92 Å². The zero-order valence-electron chi connectivity index (χ0n) is 6.25. The van der Waals surface area contributed by atoms with Crippen LogP contribution in [0.3, 0.4) is 0 Å². The van der Waals surface area contributed by atoms with Gasteiger partial charge in [0, 0.05) is 12.7 Å². The molecule has 62 valence electrons. The first-order valence-corrected chi connectivity index (χ1v) is 4.46. The van der Waals surface area contributed by atoms with Gasteiger partial charge < -0.3 is 5.32 Å². The number of hydrogen-bond donors (Lipinski definition) is 2. The molecule has 1 rings (SSSR count). The Balaban J connectivity index is 3.18. The second-order valence-corrected chi connectivity index (χ2v) is 4.10. The minimum absolute atomic E-state index is 0.120. The lowest BCUT2D eigenvalue weighted by atomic mass is 10.6. The van der Waals surface area contributed by atoms with Crippen LogP contribution in [0.2, 0.25) is 0 Å². The van der Waals surface area contributed by atoms with Gasteiger partial charge in [-0.25, -0.2) is 12.7 Å². The third kappa shape index (κ3) is 1.35. The maximum Gasteiger partial charge on any atom is 0.261 e. The van der Waals surface area contributed by atoms with Crippen LogP contribution in [0.15, 0.2) is 11.1 Å². The summed E-state index contributed by atoms with van der Waals surface area (Å²) in [5, 5.41) is 10.8. The molecule has 0 saturated heterocycles. The molecule has 5 nitrogen and oxygen atoms in total. The van der Waals surface area contributed by atoms with Crippen molar-refractivity contribution in [1.82, 2.24) is 9.62 Å². The highest BCUT2D eigenvalue weighted by atomic mass is 32.2. The topological polar surface area (TPSA) is 73.3 Å². The van der Waals surface area contributed by atoms with E-state index in [-0.39, 0.29) is 5.96 Å². The van der Waals surface area contributed by atoms with Crippen molar-refractivity contribution in [2.24, 2.45) is 0 Å². The van der Waals surface area contributed by atoms with Crippen LogP contribution in [0.4, 0.5) is 0 Å². The van der Waals surface area contributed by atoms with Crippen molar-refractivity contribution >= 4 is 16.0 Å². The lowest BCUT2D eigenvalue weighted by Crippen LogP contribution is -2.43. The molecule has 6 heteroatoms. The Kier molecular flexibility index (Phi) is 1.63. The Morgan fingerprint density at radius 2 is 2.18 bits per heavy atom. The van der Waals surface area contributed by atoms with Crippen molar-refractivity contribution in [2.45, 2.75) is 6.92 Å². The van der Waals surface area contributed by atoms with Gasteiger partial charge in [0.15, 0.2) is 0 Å². The molecule has 2 N–H and O–H groups in total. The average Bonchev–Trinajstić information content (AvgIpc) is 1.81. The van der Waals surface area contributed by atoms with Gasteiger partial charge in [0.2, 0.25) is 5.96 Å². The average molecular weight is 175 g/mol. The summed E-state index contributed by atoms with van der Waals surface area (Å²) in [6, 6.07) is 0. The summed E-state index contributed by atoms with van der Waals surface area (Å²) in [5.41, 5.74) is 0.466. The number of sulfonamides is 1. The van der Waals surface area contributed by atoms with E-state index in [1.165, 1.54) is 7.05 Å². The van der Waals surface area contributed by atoms with E-state index >= 15 is 0 Å². The van der Waals surface area contributed by atoms with E-state index in [9.17, 15) is 8.42 Å². The zero-order chi connectivity index (χ0) is 8.65. The van der Waals surface area contributed by atoms with Crippen molar-refractivity contribution in [2.75, 3.05) is 7.05 Å². The van der Waals surface area contributed by atoms with E-state index in [0.717, 1.165) is 9.71 Å². The second-order valence-electron chi connectivity index (χ2n) is 2.29. The molecule has 0 fully saturated rings. The normalized spacial score (nSPS) is 22.5. The lowest BCUT2D eigenvalue weighted by molar-refractivity contribution is 0.553. The van der Waals surface area contributed by atoms with Crippen molar-refractivity contribution in [3.8, 4) is 0 Å². The van der Waals surface area contributed by atoms with E-state index < -0.39 is 10.0 Å². The summed E-state index contributed by atoms with van der Waals surface area (Å²) in [6.45, 7) is 1.60. The molecule has 0 saturated carbocycles. The van der Waals surface area contributed by atoms with Gasteiger partial charge in [-0.3, -0.25) is 5.41 Å². The first kappa shape index (κ1) is 8.06. The molecule has 0 radical (unpaired) electrons. The van der Waals surface area contributed by atoms with Crippen LogP contribution in [0, 0.1) is 5.41 Å². The molecular weight excluding hydrogens is 166 g/mol. The first-order valence-electron chi connectivity index (χ1n) is 2.96. The second kappa shape index (κ2) is 2.23. The molecule has 0 aromatic heterocycles. The molecule has 1 heterocycles. The van der Waals surface area contributed by atoms with Crippen LogP contribution in [-0.2, 0) is 10.0 Å². The minimum atomic E-state index is -3.38. The number of nitrogens with one attached hydrogen (secondary N) is 2. The maximum absolute atomic E-state index is 11.1. The minimum Gasteiger partial charge on any atom is -0.329 e. The van der Waals surface area contributed by atoms with Crippen LogP contribution in [0.5, 0.6) is 0 Å². The van der Waals surface area contributed by atoms with Gasteiger partial charge in [-0.05, 0) is 6.92 Å². The molecule has 0 atom stereocenters. The van der Waals surface area contributed by atoms with Gasteiger partial charge in [-0.2, -0.15) is 0 Å². The van der Waals surface area contributed by atoms with E-state index in [4.69, 9.17) is 5.41 Å². The largest absolute Gasteiger partial charge is 0.329 e. The molecule has 0 bridgehead atoms. The SMILES string of the molecule is CC1=CS(=O)(=O)N(C)C(=N)N1. The molecule has 0 amide bonds. The molecule has 0 aromatic carbocycles. The quantitative estimate of drug-likeness (QED) is 0.528. The highest BCUT2D eigenvalue weighted by Gasteiger charge is 2.22. The molecular formula is C5H9N3O2S. The van der Waals surface area contributed by atoms with Gasteiger partial charge in [0.05, 0.1) is 5.41 Å². The Hall–Kier alpha value is -1.04. The summed E-state index contributed by atoms with van der Waals surface area (Å²) in [7, 11) is -2.05. The van der Waals surface area contributed by atoms with Gasteiger partial charge in [0.1, 0.15) is 0 Å². The van der Waals surface area contributed by atoms with Crippen molar-refractivity contribution in [1.29, 1.82) is 5.41 Å². The molecule has 1 aliphatic rings. The number of allylic oxidation sites excluding steroid dienone is 1.